The van der Waals surface area contributed by atoms with E-state index in [9.17, 15) is 9.59 Å². The molecule has 3 aromatic rings. The van der Waals surface area contributed by atoms with Crippen molar-refractivity contribution in [1.29, 1.82) is 0 Å². The number of nitrogens with one attached hydrogen (secondary N) is 2. The van der Waals surface area contributed by atoms with E-state index in [2.05, 4.69) is 30.3 Å². The molecule has 0 aromatic carbocycles. The van der Waals surface area contributed by atoms with Gasteiger partial charge in [0.2, 0.25) is 5.91 Å². The van der Waals surface area contributed by atoms with E-state index < -0.39 is 0 Å². The predicted octanol–water partition coefficient (Wildman–Crippen LogP) is 6.65. The van der Waals surface area contributed by atoms with Gasteiger partial charge in [-0.25, -0.2) is 9.97 Å². The lowest BCUT2D eigenvalue weighted by Crippen LogP contribution is -2.50. The first-order valence-electron chi connectivity index (χ1n) is 16.7. The van der Waals surface area contributed by atoms with Gasteiger partial charge in [-0.15, -0.1) is 11.3 Å². The number of pyridine rings is 1. The Hall–Kier alpha value is -2.48. The van der Waals surface area contributed by atoms with E-state index in [0.29, 0.717) is 78.3 Å². The maximum Gasteiger partial charge on any atom is 0.259 e. The van der Waals surface area contributed by atoms with E-state index >= 15 is 0 Å². The van der Waals surface area contributed by atoms with Crippen LogP contribution >= 0.6 is 45.9 Å². The number of halogens is 2. The molecule has 3 aliphatic rings. The SMILES string of the molecule is CCOCCNC(=O)C1CCN(c2ncc(C(=O)Nc3nc(-c4cc(Cl)cs4)c(N4CCN(C5CCCCC5)CC4)s3)cc2Cl)CC1. The van der Waals surface area contributed by atoms with E-state index in [1.165, 1.54) is 43.4 Å². The number of rotatable bonds is 11. The van der Waals surface area contributed by atoms with Crippen molar-refractivity contribution in [1.82, 2.24) is 20.2 Å². The molecule has 10 nitrogen and oxygen atoms in total. The second-order valence-electron chi connectivity index (χ2n) is 12.3. The first-order valence-corrected chi connectivity index (χ1v) is 19.2. The fourth-order valence-electron chi connectivity index (χ4n) is 6.76. The first kappa shape index (κ1) is 34.4. The number of aromatic nitrogens is 2. The third kappa shape index (κ3) is 8.58. The maximum atomic E-state index is 13.4. The Bertz CT molecular complexity index is 1510. The standard InChI is InChI=1S/C33H43Cl2N7O3S2/c1-2-45-17-10-36-30(43)22-8-11-41(12-9-22)29-26(35)18-23(20-37-29)31(44)39-33-38-28(27-19-24(34)21-46-27)32(47-33)42-15-13-40(14-16-42)25-6-4-3-5-7-25/h18-22,25H,2-17H2,1H3,(H,36,43)(H,38,39,44). The number of hydrogen-bond acceptors (Lipinski definition) is 10. The monoisotopic (exact) mass is 719 g/mol. The highest BCUT2D eigenvalue weighted by molar-refractivity contribution is 7.21. The van der Waals surface area contributed by atoms with Crippen molar-refractivity contribution < 1.29 is 14.3 Å². The summed E-state index contributed by atoms with van der Waals surface area (Å²) in [6, 6.07) is 4.30. The van der Waals surface area contributed by atoms with Gasteiger partial charge in [-0.05, 0) is 44.7 Å². The van der Waals surface area contributed by atoms with Crippen molar-refractivity contribution in [2.75, 3.05) is 74.1 Å². The Labute approximate surface area is 294 Å². The summed E-state index contributed by atoms with van der Waals surface area (Å²) in [6.45, 7) is 8.85. The van der Waals surface area contributed by atoms with Crippen molar-refractivity contribution >= 4 is 73.6 Å². The lowest BCUT2D eigenvalue weighted by Gasteiger charge is -2.41. The summed E-state index contributed by atoms with van der Waals surface area (Å²) in [7, 11) is 0. The average Bonchev–Trinajstić information content (AvgIpc) is 3.73. The van der Waals surface area contributed by atoms with Crippen molar-refractivity contribution in [2.24, 2.45) is 5.92 Å². The number of ether oxygens (including phenoxy) is 1. The first-order chi connectivity index (χ1) is 22.9. The van der Waals surface area contributed by atoms with Gasteiger partial charge in [0.1, 0.15) is 16.5 Å². The summed E-state index contributed by atoms with van der Waals surface area (Å²) in [5.74, 6) is 0.328. The van der Waals surface area contributed by atoms with Crippen LogP contribution in [0, 0.1) is 5.92 Å². The smallest absolute Gasteiger partial charge is 0.259 e. The predicted molar refractivity (Wildman–Crippen MR) is 193 cm³/mol. The largest absolute Gasteiger partial charge is 0.380 e. The molecule has 0 atom stereocenters. The van der Waals surface area contributed by atoms with E-state index in [-0.39, 0.29) is 17.7 Å². The van der Waals surface area contributed by atoms with Crippen LogP contribution < -0.4 is 20.4 Å². The molecule has 2 N–H and O–H groups in total. The molecular formula is C33H43Cl2N7O3S2. The lowest BCUT2D eigenvalue weighted by molar-refractivity contribution is -0.125. The molecule has 5 heterocycles. The minimum absolute atomic E-state index is 0.0456. The average molecular weight is 721 g/mol. The Morgan fingerprint density at radius 2 is 1.77 bits per heavy atom. The lowest BCUT2D eigenvalue weighted by atomic mass is 9.94. The van der Waals surface area contributed by atoms with Gasteiger partial charge in [0.25, 0.3) is 5.91 Å². The van der Waals surface area contributed by atoms with Crippen molar-refractivity contribution in [3.05, 3.63) is 39.3 Å². The van der Waals surface area contributed by atoms with Gasteiger partial charge in [-0.2, -0.15) is 0 Å². The molecule has 0 unspecified atom stereocenters. The number of hydrogen-bond donors (Lipinski definition) is 2. The van der Waals surface area contributed by atoms with Crippen molar-refractivity contribution in [3.63, 3.8) is 0 Å². The number of carbonyl (C=O) groups excluding carboxylic acids is 2. The van der Waals surface area contributed by atoms with Gasteiger partial charge in [0, 0.05) is 76.0 Å². The molecule has 0 radical (unpaired) electrons. The van der Waals surface area contributed by atoms with Crippen molar-refractivity contribution in [2.45, 2.75) is 57.9 Å². The molecular weight excluding hydrogens is 677 g/mol. The van der Waals surface area contributed by atoms with E-state index in [1.807, 2.05) is 18.4 Å². The summed E-state index contributed by atoms with van der Waals surface area (Å²) < 4.78 is 5.31. The molecule has 254 valence electrons. The molecule has 0 bridgehead atoms. The van der Waals surface area contributed by atoms with Gasteiger partial charge in [-0.3, -0.25) is 19.8 Å². The highest BCUT2D eigenvalue weighted by atomic mass is 35.5. The summed E-state index contributed by atoms with van der Waals surface area (Å²) in [4.78, 5) is 43.5. The molecule has 2 saturated heterocycles. The number of thiazole rings is 1. The highest BCUT2D eigenvalue weighted by Crippen LogP contribution is 2.42. The summed E-state index contributed by atoms with van der Waals surface area (Å²) in [5, 5.41) is 10.5. The summed E-state index contributed by atoms with van der Waals surface area (Å²) in [6.07, 6.45) is 9.63. The number of piperazine rings is 1. The van der Waals surface area contributed by atoms with Crippen LogP contribution in [0.5, 0.6) is 0 Å². The second-order valence-corrected chi connectivity index (χ2v) is 15.1. The molecule has 14 heteroatoms. The normalized spacial score (nSPS) is 18.4. The topological polar surface area (TPSA) is 103 Å². The molecule has 47 heavy (non-hydrogen) atoms. The van der Waals surface area contributed by atoms with Gasteiger partial charge < -0.3 is 19.9 Å². The van der Waals surface area contributed by atoms with Crippen LogP contribution in [-0.2, 0) is 9.53 Å². The number of nitrogens with zero attached hydrogens (tertiary/aromatic N) is 5. The van der Waals surface area contributed by atoms with Crippen molar-refractivity contribution in [3.8, 4) is 10.6 Å². The Kier molecular flexibility index (Phi) is 11.9. The van der Waals surface area contributed by atoms with Crippen LogP contribution in [0.3, 0.4) is 0 Å². The Morgan fingerprint density at radius 1 is 1.00 bits per heavy atom. The number of anilines is 3. The van der Waals surface area contributed by atoms with E-state index in [0.717, 1.165) is 41.8 Å². The molecule has 6 rings (SSSR count). The van der Waals surface area contributed by atoms with Crippen LogP contribution in [0.25, 0.3) is 10.6 Å². The molecule has 3 fully saturated rings. The fraction of sp³-hybridized carbons (Fsp3) is 0.576. The molecule has 1 saturated carbocycles. The Balaban J connectivity index is 1.09. The number of thiophene rings is 1. The summed E-state index contributed by atoms with van der Waals surface area (Å²) >= 11 is 16.0. The molecule has 2 amide bonds. The molecule has 3 aromatic heterocycles. The second kappa shape index (κ2) is 16.3. The molecule has 0 spiro atoms. The van der Waals surface area contributed by atoms with Crippen LogP contribution in [0.1, 0.15) is 62.2 Å². The summed E-state index contributed by atoms with van der Waals surface area (Å²) in [5.41, 5.74) is 1.21. The number of amides is 2. The van der Waals surface area contributed by atoms with Crippen LogP contribution in [0.15, 0.2) is 23.7 Å². The zero-order valence-corrected chi connectivity index (χ0v) is 30.0. The van der Waals surface area contributed by atoms with Crippen LogP contribution in [0.4, 0.5) is 16.0 Å². The maximum absolute atomic E-state index is 13.4. The zero-order chi connectivity index (χ0) is 32.8. The van der Waals surface area contributed by atoms with Crippen LogP contribution in [-0.4, -0.2) is 91.8 Å². The van der Waals surface area contributed by atoms with Gasteiger partial charge in [-0.1, -0.05) is 53.8 Å². The quantitative estimate of drug-likeness (QED) is 0.213. The van der Waals surface area contributed by atoms with Gasteiger partial charge in [0.15, 0.2) is 5.13 Å². The van der Waals surface area contributed by atoms with E-state index in [4.69, 9.17) is 32.9 Å². The number of carbonyl (C=O) groups is 2. The molecule has 1 aliphatic carbocycles. The van der Waals surface area contributed by atoms with E-state index in [1.54, 1.807) is 23.6 Å². The highest BCUT2D eigenvalue weighted by Gasteiger charge is 2.30. The molecule has 2 aliphatic heterocycles. The number of piperidine rings is 1. The third-order valence-corrected chi connectivity index (χ3v) is 11.9. The third-order valence-electron chi connectivity index (χ3n) is 9.32. The minimum Gasteiger partial charge on any atom is -0.380 e. The van der Waals surface area contributed by atoms with Gasteiger partial charge >= 0.3 is 0 Å². The zero-order valence-electron chi connectivity index (χ0n) is 26.8. The minimum atomic E-state index is -0.313. The van der Waals surface area contributed by atoms with Gasteiger partial charge in [0.05, 0.1) is 27.1 Å². The Morgan fingerprint density at radius 3 is 2.45 bits per heavy atom. The fourth-order valence-corrected chi connectivity index (χ4v) is 9.20. The van der Waals surface area contributed by atoms with Crippen LogP contribution in [0.2, 0.25) is 10.0 Å².